The lowest BCUT2D eigenvalue weighted by molar-refractivity contribution is -0.385. The van der Waals surface area contributed by atoms with E-state index in [0.29, 0.717) is 22.5 Å². The van der Waals surface area contributed by atoms with Crippen LogP contribution in [0.1, 0.15) is 29.7 Å². The number of aromatic nitrogens is 2. The van der Waals surface area contributed by atoms with Crippen molar-refractivity contribution in [2.75, 3.05) is 0 Å². The molecule has 1 aliphatic rings. The number of nitrogens with zero attached hydrogens (tertiary/aromatic N) is 4. The summed E-state index contributed by atoms with van der Waals surface area (Å²) in [6.45, 7) is 0. The van der Waals surface area contributed by atoms with E-state index in [9.17, 15) is 15.2 Å². The molecule has 1 N–H and O–H groups in total. The van der Waals surface area contributed by atoms with Gasteiger partial charge in [0.15, 0.2) is 0 Å². The van der Waals surface area contributed by atoms with E-state index in [2.05, 4.69) is 9.98 Å². The molecule has 0 aliphatic heterocycles. The molecule has 8 nitrogen and oxygen atoms in total. The van der Waals surface area contributed by atoms with E-state index in [1.807, 2.05) is 35.9 Å². The lowest BCUT2D eigenvalue weighted by atomic mass is 9.93. The van der Waals surface area contributed by atoms with Gasteiger partial charge in [-0.15, -0.1) is 0 Å². The number of benzene rings is 2. The summed E-state index contributed by atoms with van der Waals surface area (Å²) in [6, 6.07) is 8.96. The van der Waals surface area contributed by atoms with Gasteiger partial charge in [0.25, 0.3) is 0 Å². The number of aromatic hydroxyl groups is 1. The average molecular weight is 390 g/mol. The topological polar surface area (TPSA) is 107 Å². The molecule has 0 fully saturated rings. The molecule has 0 amide bonds. The maximum atomic E-state index is 11.4. The molecule has 0 atom stereocenters. The van der Waals surface area contributed by atoms with E-state index in [-0.39, 0.29) is 0 Å². The molecule has 2 aromatic heterocycles. The monoisotopic (exact) mass is 390 g/mol. The standard InChI is InChI=1S/C21H18N4O4/c1-24-15-8-4-3-7-14(15)23-21(24)22-11-13-19-12-6-2-5-9-17(12)29-18(19)10-16(20(13)26)25(27)28/h3-4,7-8,10-11,26H,2,5-6,9H2,1H3/b22-11+. The summed E-state index contributed by atoms with van der Waals surface area (Å²) in [7, 11) is 1.85. The first-order chi connectivity index (χ1) is 14.0. The minimum absolute atomic E-state index is 0.299. The van der Waals surface area contributed by atoms with Crippen LogP contribution < -0.4 is 0 Å². The number of para-hydroxylation sites is 2. The number of furan rings is 1. The quantitative estimate of drug-likeness (QED) is 0.313. The van der Waals surface area contributed by atoms with Gasteiger partial charge in [-0.05, 0) is 31.4 Å². The van der Waals surface area contributed by atoms with Gasteiger partial charge in [0.1, 0.15) is 11.3 Å². The van der Waals surface area contributed by atoms with Crippen molar-refractivity contribution in [3.8, 4) is 5.75 Å². The third-order valence-corrected chi connectivity index (χ3v) is 5.50. The normalized spacial score (nSPS) is 14.1. The minimum atomic E-state index is -0.608. The summed E-state index contributed by atoms with van der Waals surface area (Å²) < 4.78 is 7.74. The van der Waals surface area contributed by atoms with E-state index in [1.54, 1.807) is 0 Å². The Bertz CT molecular complexity index is 1320. The number of aliphatic imine (C=N–C) groups is 1. The summed E-state index contributed by atoms with van der Waals surface area (Å²) in [4.78, 5) is 19.8. The Labute approximate surface area is 165 Å². The molecule has 1 aliphatic carbocycles. The Morgan fingerprint density at radius 1 is 1.31 bits per heavy atom. The molecule has 0 radical (unpaired) electrons. The average Bonchev–Trinajstić information content (AvgIpc) is 3.25. The second-order valence-electron chi connectivity index (χ2n) is 7.22. The third-order valence-electron chi connectivity index (χ3n) is 5.50. The zero-order chi connectivity index (χ0) is 20.1. The molecule has 0 saturated heterocycles. The maximum absolute atomic E-state index is 11.4. The van der Waals surface area contributed by atoms with Gasteiger partial charge in [-0.25, -0.2) is 9.98 Å². The van der Waals surface area contributed by atoms with Gasteiger partial charge in [-0.3, -0.25) is 10.1 Å². The number of fused-ring (bicyclic) bond motifs is 4. The summed E-state index contributed by atoms with van der Waals surface area (Å²) >= 11 is 0. The first kappa shape index (κ1) is 17.4. The van der Waals surface area contributed by atoms with Crippen LogP contribution >= 0.6 is 0 Å². The van der Waals surface area contributed by atoms with E-state index >= 15 is 0 Å². The van der Waals surface area contributed by atoms with Gasteiger partial charge in [0.2, 0.25) is 11.7 Å². The second-order valence-corrected chi connectivity index (χ2v) is 7.22. The summed E-state index contributed by atoms with van der Waals surface area (Å²) in [6.07, 6.45) is 5.09. The minimum Gasteiger partial charge on any atom is -0.502 e. The number of imidazole rings is 1. The van der Waals surface area contributed by atoms with Crippen LogP contribution in [-0.2, 0) is 19.9 Å². The zero-order valence-corrected chi connectivity index (χ0v) is 15.8. The Morgan fingerprint density at radius 3 is 2.90 bits per heavy atom. The van der Waals surface area contributed by atoms with Crippen molar-refractivity contribution in [3.63, 3.8) is 0 Å². The molecule has 0 spiro atoms. The van der Waals surface area contributed by atoms with E-state index in [1.165, 1.54) is 12.3 Å². The van der Waals surface area contributed by atoms with E-state index in [4.69, 9.17) is 4.42 Å². The lowest BCUT2D eigenvalue weighted by Gasteiger charge is -2.10. The molecule has 146 valence electrons. The number of nitro groups is 1. The van der Waals surface area contributed by atoms with Gasteiger partial charge in [-0.2, -0.15) is 0 Å². The largest absolute Gasteiger partial charge is 0.502 e. The number of rotatable bonds is 3. The SMILES string of the molecule is Cn1c(/N=C/c2c(O)c([N+](=O)[O-])cc3oc4c(c23)CCCC4)nc2ccccc21. The fourth-order valence-corrected chi connectivity index (χ4v) is 4.07. The maximum Gasteiger partial charge on any atom is 0.315 e. The molecular formula is C21H18N4O4. The number of hydrogen-bond donors (Lipinski definition) is 1. The molecule has 0 saturated carbocycles. The van der Waals surface area contributed by atoms with Crippen LogP contribution in [0.3, 0.4) is 0 Å². The number of aryl methyl sites for hydroxylation is 3. The van der Waals surface area contributed by atoms with Crippen LogP contribution in [0.5, 0.6) is 5.75 Å². The van der Waals surface area contributed by atoms with Crippen molar-refractivity contribution in [2.45, 2.75) is 25.7 Å². The zero-order valence-electron chi connectivity index (χ0n) is 15.8. The van der Waals surface area contributed by atoms with Gasteiger partial charge in [0, 0.05) is 30.6 Å². The van der Waals surface area contributed by atoms with Crippen molar-refractivity contribution >= 4 is 39.9 Å². The molecular weight excluding hydrogens is 372 g/mol. The van der Waals surface area contributed by atoms with Crippen molar-refractivity contribution in [2.24, 2.45) is 12.0 Å². The number of phenolic OH excluding ortho intramolecular Hbond substituents is 1. The summed E-state index contributed by atoms with van der Waals surface area (Å²) in [5, 5.41) is 22.8. The Balaban J connectivity index is 1.73. The summed E-state index contributed by atoms with van der Waals surface area (Å²) in [5.74, 6) is 0.880. The van der Waals surface area contributed by atoms with Gasteiger partial charge in [-0.1, -0.05) is 12.1 Å². The first-order valence-electron chi connectivity index (χ1n) is 9.44. The van der Waals surface area contributed by atoms with Crippen LogP contribution in [0.15, 0.2) is 39.7 Å². The Kier molecular flexibility index (Phi) is 3.87. The molecule has 2 aromatic carbocycles. The van der Waals surface area contributed by atoms with Crippen molar-refractivity contribution in [1.82, 2.24) is 9.55 Å². The van der Waals surface area contributed by atoms with Gasteiger partial charge >= 0.3 is 5.69 Å². The van der Waals surface area contributed by atoms with Crippen molar-refractivity contribution in [1.29, 1.82) is 0 Å². The van der Waals surface area contributed by atoms with E-state index in [0.717, 1.165) is 48.0 Å². The highest BCUT2D eigenvalue weighted by Crippen LogP contribution is 2.41. The number of hydrogen-bond acceptors (Lipinski definition) is 6. The van der Waals surface area contributed by atoms with Crippen molar-refractivity contribution in [3.05, 3.63) is 57.3 Å². The second kappa shape index (κ2) is 6.44. The first-order valence-corrected chi connectivity index (χ1v) is 9.44. The van der Waals surface area contributed by atoms with Gasteiger partial charge < -0.3 is 14.1 Å². The molecule has 29 heavy (non-hydrogen) atoms. The highest BCUT2D eigenvalue weighted by molar-refractivity contribution is 6.05. The smallest absolute Gasteiger partial charge is 0.315 e. The molecule has 5 rings (SSSR count). The molecule has 0 unspecified atom stereocenters. The van der Waals surface area contributed by atoms with Crippen LogP contribution in [0.2, 0.25) is 0 Å². The highest BCUT2D eigenvalue weighted by atomic mass is 16.6. The molecule has 0 bridgehead atoms. The van der Waals surface area contributed by atoms with Crippen molar-refractivity contribution < 1.29 is 14.4 Å². The lowest BCUT2D eigenvalue weighted by Crippen LogP contribution is -2.00. The Hall–Kier alpha value is -3.68. The Morgan fingerprint density at radius 2 is 2.10 bits per heavy atom. The third kappa shape index (κ3) is 2.67. The molecule has 8 heteroatoms. The summed E-state index contributed by atoms with van der Waals surface area (Å²) in [5.41, 5.74) is 3.05. The van der Waals surface area contributed by atoms with Gasteiger partial charge in [0.05, 0.1) is 27.6 Å². The predicted octanol–water partition coefficient (Wildman–Crippen LogP) is 4.56. The highest BCUT2D eigenvalue weighted by Gasteiger charge is 2.27. The molecule has 2 heterocycles. The number of nitro benzene ring substituents is 1. The van der Waals surface area contributed by atoms with Crippen LogP contribution in [0.4, 0.5) is 11.6 Å². The fraction of sp³-hybridized carbons (Fsp3) is 0.238. The van der Waals surface area contributed by atoms with Crippen LogP contribution in [0, 0.1) is 10.1 Å². The van der Waals surface area contributed by atoms with E-state index < -0.39 is 16.4 Å². The fourth-order valence-electron chi connectivity index (χ4n) is 4.07. The molecule has 4 aromatic rings. The van der Waals surface area contributed by atoms with Crippen LogP contribution in [-0.4, -0.2) is 25.8 Å². The predicted molar refractivity (Wildman–Crippen MR) is 109 cm³/mol. The van der Waals surface area contributed by atoms with Crippen LogP contribution in [0.25, 0.3) is 22.0 Å². The number of phenols is 1.